The summed E-state index contributed by atoms with van der Waals surface area (Å²) in [5.74, 6) is 0.715. The highest BCUT2D eigenvalue weighted by Gasteiger charge is 2.17. The van der Waals surface area contributed by atoms with Gasteiger partial charge in [0.2, 0.25) is 0 Å². The quantitative estimate of drug-likeness (QED) is 0.937. The van der Waals surface area contributed by atoms with Crippen LogP contribution >= 0.6 is 0 Å². The van der Waals surface area contributed by atoms with Crippen molar-refractivity contribution < 1.29 is 0 Å². The third-order valence-electron chi connectivity index (χ3n) is 4.43. The Balaban J connectivity index is 1.97. The van der Waals surface area contributed by atoms with Gasteiger partial charge in [0.1, 0.15) is 0 Å². The second kappa shape index (κ2) is 5.90. The molecule has 0 amide bonds. The number of aryl methyl sites for hydroxylation is 2. The minimum absolute atomic E-state index is 0.0326. The number of nitrogens with zero attached hydrogens (tertiary/aromatic N) is 2. The number of piperidine rings is 1. The van der Waals surface area contributed by atoms with E-state index in [-0.39, 0.29) is 5.69 Å². The van der Waals surface area contributed by atoms with E-state index in [0.717, 1.165) is 30.9 Å². The summed E-state index contributed by atoms with van der Waals surface area (Å²) in [6, 6.07) is 8.31. The zero-order chi connectivity index (χ0) is 14.8. The maximum Gasteiger partial charge on any atom is 0.332 e. The molecule has 0 aliphatic carbocycles. The van der Waals surface area contributed by atoms with Gasteiger partial charge >= 0.3 is 5.69 Å². The van der Waals surface area contributed by atoms with Crippen LogP contribution in [0.4, 0.5) is 0 Å². The fourth-order valence-electron chi connectivity index (χ4n) is 3.29. The lowest BCUT2D eigenvalue weighted by Gasteiger charge is -2.23. The van der Waals surface area contributed by atoms with Crippen molar-refractivity contribution in [1.29, 1.82) is 0 Å². The maximum atomic E-state index is 12.4. The molecule has 1 N–H and O–H groups in total. The van der Waals surface area contributed by atoms with Crippen molar-refractivity contribution in [3.63, 3.8) is 0 Å². The summed E-state index contributed by atoms with van der Waals surface area (Å²) in [6.07, 6.45) is 5.39. The van der Waals surface area contributed by atoms with E-state index in [1.54, 1.807) is 11.6 Å². The summed E-state index contributed by atoms with van der Waals surface area (Å²) in [5, 5.41) is 3.41. The largest absolute Gasteiger partial charge is 0.332 e. The first-order valence-corrected chi connectivity index (χ1v) is 7.71. The Labute approximate surface area is 125 Å². The third-order valence-corrected chi connectivity index (χ3v) is 4.43. The van der Waals surface area contributed by atoms with E-state index in [9.17, 15) is 4.79 Å². The van der Waals surface area contributed by atoms with E-state index in [0.29, 0.717) is 5.92 Å². The Bertz CT molecular complexity index is 678. The Hall–Kier alpha value is -1.81. The van der Waals surface area contributed by atoms with E-state index in [4.69, 9.17) is 0 Å². The van der Waals surface area contributed by atoms with Crippen molar-refractivity contribution >= 4 is 0 Å². The van der Waals surface area contributed by atoms with Gasteiger partial charge in [0.25, 0.3) is 0 Å². The molecule has 0 unspecified atom stereocenters. The van der Waals surface area contributed by atoms with Gasteiger partial charge in [-0.25, -0.2) is 4.79 Å². The molecule has 3 rings (SSSR count). The molecule has 0 bridgehead atoms. The Kier molecular flexibility index (Phi) is 3.97. The van der Waals surface area contributed by atoms with Gasteiger partial charge in [-0.1, -0.05) is 18.2 Å². The lowest BCUT2D eigenvalue weighted by molar-refractivity contribution is 0.372. The molecular weight excluding hydrogens is 262 g/mol. The van der Waals surface area contributed by atoms with Crippen LogP contribution in [0.3, 0.4) is 0 Å². The van der Waals surface area contributed by atoms with Gasteiger partial charge in [-0.15, -0.1) is 0 Å². The van der Waals surface area contributed by atoms with E-state index in [2.05, 4.69) is 23.5 Å². The van der Waals surface area contributed by atoms with Gasteiger partial charge in [-0.05, 0) is 56.8 Å². The molecular formula is C17H23N3O. The van der Waals surface area contributed by atoms with Crippen LogP contribution in [0.1, 0.15) is 24.1 Å². The van der Waals surface area contributed by atoms with Crippen LogP contribution in [-0.2, 0) is 13.5 Å². The maximum absolute atomic E-state index is 12.4. The number of nitrogens with one attached hydrogen (secondary N) is 1. The van der Waals surface area contributed by atoms with Crippen LogP contribution in [0.2, 0.25) is 0 Å². The van der Waals surface area contributed by atoms with Gasteiger partial charge in [0.15, 0.2) is 0 Å². The van der Waals surface area contributed by atoms with E-state index >= 15 is 0 Å². The fourth-order valence-corrected chi connectivity index (χ4v) is 3.29. The summed E-state index contributed by atoms with van der Waals surface area (Å²) in [7, 11) is 1.81. The first-order valence-electron chi connectivity index (χ1n) is 7.71. The number of hydrogen-bond acceptors (Lipinski definition) is 2. The van der Waals surface area contributed by atoms with Crippen LogP contribution in [-0.4, -0.2) is 22.2 Å². The number of imidazole rings is 1. The lowest BCUT2D eigenvalue weighted by atomic mass is 9.90. The van der Waals surface area contributed by atoms with Crippen molar-refractivity contribution in [1.82, 2.24) is 14.5 Å². The predicted molar refractivity (Wildman–Crippen MR) is 85.0 cm³/mol. The summed E-state index contributed by atoms with van der Waals surface area (Å²) in [5.41, 5.74) is 3.34. The van der Waals surface area contributed by atoms with Crippen LogP contribution < -0.4 is 11.0 Å². The first kappa shape index (κ1) is 14.1. The van der Waals surface area contributed by atoms with Crippen LogP contribution in [0.5, 0.6) is 0 Å². The highest BCUT2D eigenvalue weighted by Crippen LogP contribution is 2.23. The minimum atomic E-state index is 0.0326. The molecule has 1 aliphatic rings. The molecule has 0 saturated carbocycles. The molecule has 1 aromatic heterocycles. The highest BCUT2D eigenvalue weighted by molar-refractivity contribution is 5.42. The summed E-state index contributed by atoms with van der Waals surface area (Å²) in [4.78, 5) is 12.4. The second-order valence-corrected chi connectivity index (χ2v) is 6.03. The standard InChI is InChI=1S/C17H23N3O/c1-13-12-19(2)17(21)20(13)16-6-4-3-5-15(16)11-14-7-9-18-10-8-14/h3-6,12,14,18H,7-11H2,1-2H3. The summed E-state index contributed by atoms with van der Waals surface area (Å²) >= 11 is 0. The summed E-state index contributed by atoms with van der Waals surface area (Å²) in [6.45, 7) is 4.21. The lowest BCUT2D eigenvalue weighted by Crippen LogP contribution is -2.29. The molecule has 2 aromatic rings. The molecule has 4 heteroatoms. The highest BCUT2D eigenvalue weighted by atomic mass is 16.1. The smallest absolute Gasteiger partial charge is 0.317 e. The van der Waals surface area contributed by atoms with Gasteiger partial charge in [0, 0.05) is 18.9 Å². The van der Waals surface area contributed by atoms with Crippen LogP contribution in [0, 0.1) is 12.8 Å². The molecule has 112 valence electrons. The van der Waals surface area contributed by atoms with Crippen molar-refractivity contribution in [3.8, 4) is 5.69 Å². The molecule has 2 heterocycles. The molecule has 0 radical (unpaired) electrons. The Morgan fingerprint density at radius 3 is 2.62 bits per heavy atom. The zero-order valence-electron chi connectivity index (χ0n) is 12.8. The van der Waals surface area contributed by atoms with Crippen molar-refractivity contribution in [2.75, 3.05) is 13.1 Å². The van der Waals surface area contributed by atoms with Crippen LogP contribution in [0.15, 0.2) is 35.3 Å². The molecule has 0 spiro atoms. The van der Waals surface area contributed by atoms with Gasteiger partial charge < -0.3 is 9.88 Å². The minimum Gasteiger partial charge on any atom is -0.317 e. The van der Waals surface area contributed by atoms with E-state index < -0.39 is 0 Å². The summed E-state index contributed by atoms with van der Waals surface area (Å²) < 4.78 is 3.48. The van der Waals surface area contributed by atoms with Crippen molar-refractivity contribution in [2.24, 2.45) is 13.0 Å². The van der Waals surface area contributed by atoms with Crippen LogP contribution in [0.25, 0.3) is 5.69 Å². The number of benzene rings is 1. The number of rotatable bonds is 3. The zero-order valence-corrected chi connectivity index (χ0v) is 12.8. The molecule has 1 aliphatic heterocycles. The topological polar surface area (TPSA) is 39.0 Å². The van der Waals surface area contributed by atoms with Crippen molar-refractivity contribution in [2.45, 2.75) is 26.2 Å². The Morgan fingerprint density at radius 1 is 1.24 bits per heavy atom. The number of aromatic nitrogens is 2. The molecule has 0 atom stereocenters. The number of para-hydroxylation sites is 1. The average Bonchev–Trinajstić information content (AvgIpc) is 2.74. The molecule has 1 saturated heterocycles. The van der Waals surface area contributed by atoms with Gasteiger partial charge in [-0.3, -0.25) is 4.57 Å². The first-order chi connectivity index (χ1) is 10.2. The Morgan fingerprint density at radius 2 is 1.95 bits per heavy atom. The second-order valence-electron chi connectivity index (χ2n) is 6.03. The molecule has 1 aromatic carbocycles. The molecule has 21 heavy (non-hydrogen) atoms. The normalized spacial score (nSPS) is 16.3. The monoisotopic (exact) mass is 285 g/mol. The average molecular weight is 285 g/mol. The number of hydrogen-bond donors (Lipinski definition) is 1. The fraction of sp³-hybridized carbons (Fsp3) is 0.471. The van der Waals surface area contributed by atoms with Crippen molar-refractivity contribution in [3.05, 3.63) is 52.2 Å². The predicted octanol–water partition coefficient (Wildman–Crippen LogP) is 2.03. The third kappa shape index (κ3) is 2.81. The molecule has 4 nitrogen and oxygen atoms in total. The van der Waals surface area contributed by atoms with Gasteiger partial charge in [-0.2, -0.15) is 0 Å². The van der Waals surface area contributed by atoms with E-state index in [1.165, 1.54) is 18.4 Å². The molecule has 1 fully saturated rings. The van der Waals surface area contributed by atoms with E-state index in [1.807, 2.05) is 23.8 Å². The van der Waals surface area contributed by atoms with Gasteiger partial charge in [0.05, 0.1) is 5.69 Å². The SMILES string of the molecule is Cc1cn(C)c(=O)n1-c1ccccc1CC1CCNCC1.